The van der Waals surface area contributed by atoms with E-state index in [1.807, 2.05) is 0 Å². The van der Waals surface area contributed by atoms with Crippen LogP contribution in [0.4, 0.5) is 11.6 Å². The maximum Gasteiger partial charge on any atom is 0.336 e. The first-order chi connectivity index (χ1) is 9.51. The standard InChI is InChI=1S/C9H7ClN6O4/c1-20-9-13-8(14-15-9)12-7(17)4-2-6(10)11-3-5(4)16(18)19/h2-3H,1H3,(H2,12,13,14,15,17). The van der Waals surface area contributed by atoms with Gasteiger partial charge in [-0.1, -0.05) is 11.6 Å². The van der Waals surface area contributed by atoms with Gasteiger partial charge in [0.2, 0.25) is 5.95 Å². The van der Waals surface area contributed by atoms with E-state index in [0.717, 1.165) is 12.3 Å². The Hall–Kier alpha value is -2.75. The number of anilines is 1. The van der Waals surface area contributed by atoms with Crippen molar-refractivity contribution >= 4 is 29.1 Å². The van der Waals surface area contributed by atoms with E-state index in [4.69, 9.17) is 16.3 Å². The fourth-order valence-electron chi connectivity index (χ4n) is 1.32. The summed E-state index contributed by atoms with van der Waals surface area (Å²) in [6.07, 6.45) is 0.901. The molecule has 2 rings (SSSR count). The molecule has 104 valence electrons. The Morgan fingerprint density at radius 3 is 2.95 bits per heavy atom. The van der Waals surface area contributed by atoms with Gasteiger partial charge in [0.05, 0.1) is 12.0 Å². The molecule has 0 aliphatic carbocycles. The summed E-state index contributed by atoms with van der Waals surface area (Å²) in [7, 11) is 1.35. The first kappa shape index (κ1) is 13.7. The van der Waals surface area contributed by atoms with Gasteiger partial charge in [-0.05, 0) is 6.07 Å². The van der Waals surface area contributed by atoms with Gasteiger partial charge in [-0.25, -0.2) is 10.1 Å². The van der Waals surface area contributed by atoms with Gasteiger partial charge in [0, 0.05) is 0 Å². The summed E-state index contributed by atoms with van der Waals surface area (Å²) in [5.41, 5.74) is -0.719. The molecule has 0 aromatic carbocycles. The average Bonchev–Trinajstić information content (AvgIpc) is 2.85. The van der Waals surface area contributed by atoms with Crippen molar-refractivity contribution in [2.75, 3.05) is 12.4 Å². The summed E-state index contributed by atoms with van der Waals surface area (Å²) < 4.78 is 4.72. The smallest absolute Gasteiger partial charge is 0.336 e. The highest BCUT2D eigenvalue weighted by Gasteiger charge is 2.22. The number of ether oxygens (including phenoxy) is 1. The van der Waals surface area contributed by atoms with E-state index in [9.17, 15) is 14.9 Å². The van der Waals surface area contributed by atoms with E-state index in [1.165, 1.54) is 7.11 Å². The predicted octanol–water partition coefficient (Wildman–Crippen LogP) is 1.02. The lowest BCUT2D eigenvalue weighted by molar-refractivity contribution is -0.385. The zero-order chi connectivity index (χ0) is 14.7. The molecule has 0 saturated heterocycles. The molecule has 2 aromatic heterocycles. The van der Waals surface area contributed by atoms with Gasteiger partial charge < -0.3 is 4.74 Å². The number of halogens is 1. The molecular weight excluding hydrogens is 292 g/mol. The molecule has 11 heteroatoms. The van der Waals surface area contributed by atoms with E-state index in [2.05, 4.69) is 25.5 Å². The Labute approximate surface area is 116 Å². The first-order valence-corrected chi connectivity index (χ1v) is 5.46. The molecule has 2 heterocycles. The zero-order valence-corrected chi connectivity index (χ0v) is 10.7. The van der Waals surface area contributed by atoms with Crippen molar-refractivity contribution in [3.63, 3.8) is 0 Å². The highest BCUT2D eigenvalue weighted by Crippen LogP contribution is 2.21. The van der Waals surface area contributed by atoms with Crippen LogP contribution in [-0.4, -0.2) is 38.1 Å². The lowest BCUT2D eigenvalue weighted by Crippen LogP contribution is -2.15. The molecule has 20 heavy (non-hydrogen) atoms. The molecule has 0 unspecified atom stereocenters. The second kappa shape index (κ2) is 5.48. The minimum absolute atomic E-state index is 0.0163. The number of hydrogen-bond donors (Lipinski definition) is 2. The second-order valence-corrected chi connectivity index (χ2v) is 3.79. The van der Waals surface area contributed by atoms with Gasteiger partial charge >= 0.3 is 6.01 Å². The van der Waals surface area contributed by atoms with E-state index in [-0.39, 0.29) is 22.7 Å². The topological polar surface area (TPSA) is 136 Å². The summed E-state index contributed by atoms with van der Waals surface area (Å²) in [5.74, 6) is -0.797. The van der Waals surface area contributed by atoms with Crippen LogP contribution < -0.4 is 10.1 Å². The third-order valence-electron chi connectivity index (χ3n) is 2.17. The SMILES string of the molecule is COc1n[nH]c(NC(=O)c2cc(Cl)ncc2[N+](=O)[O-])n1. The van der Waals surface area contributed by atoms with Crippen molar-refractivity contribution in [3.8, 4) is 6.01 Å². The largest absolute Gasteiger partial charge is 0.466 e. The summed E-state index contributed by atoms with van der Waals surface area (Å²) in [5, 5.41) is 19.1. The number of hydrogen-bond acceptors (Lipinski definition) is 7. The number of aromatic nitrogens is 4. The molecule has 2 N–H and O–H groups in total. The monoisotopic (exact) mass is 298 g/mol. The van der Waals surface area contributed by atoms with Crippen LogP contribution in [0.1, 0.15) is 10.4 Å². The summed E-state index contributed by atoms with van der Waals surface area (Å²) in [6, 6.07) is 1.10. The van der Waals surface area contributed by atoms with Crippen molar-refractivity contribution in [1.82, 2.24) is 20.2 Å². The number of amides is 1. The van der Waals surface area contributed by atoms with E-state index in [1.54, 1.807) is 0 Å². The quantitative estimate of drug-likeness (QED) is 0.488. The molecule has 0 fully saturated rings. The molecule has 0 bridgehead atoms. The highest BCUT2D eigenvalue weighted by molar-refractivity contribution is 6.30. The number of carbonyl (C=O) groups is 1. The number of nitrogens with one attached hydrogen (secondary N) is 2. The molecule has 0 atom stereocenters. The van der Waals surface area contributed by atoms with Crippen LogP contribution in [-0.2, 0) is 0 Å². The zero-order valence-electron chi connectivity index (χ0n) is 9.95. The minimum Gasteiger partial charge on any atom is -0.466 e. The lowest BCUT2D eigenvalue weighted by atomic mass is 10.2. The van der Waals surface area contributed by atoms with Crippen molar-refractivity contribution in [3.05, 3.63) is 33.1 Å². The maximum absolute atomic E-state index is 12.0. The summed E-state index contributed by atoms with van der Waals surface area (Å²) in [4.78, 5) is 29.4. The Bertz CT molecular complexity index is 672. The van der Waals surface area contributed by atoms with Gasteiger partial charge in [0.25, 0.3) is 11.6 Å². The van der Waals surface area contributed by atoms with E-state index >= 15 is 0 Å². The molecule has 0 saturated carbocycles. The Morgan fingerprint density at radius 2 is 2.35 bits per heavy atom. The fraction of sp³-hybridized carbons (Fsp3) is 0.111. The second-order valence-electron chi connectivity index (χ2n) is 3.41. The number of H-pyrrole nitrogens is 1. The molecule has 2 aromatic rings. The van der Waals surface area contributed by atoms with Gasteiger partial charge in [-0.2, -0.15) is 4.98 Å². The first-order valence-electron chi connectivity index (χ1n) is 5.09. The molecule has 1 amide bonds. The Kier molecular flexibility index (Phi) is 3.75. The van der Waals surface area contributed by atoms with Crippen molar-refractivity contribution in [1.29, 1.82) is 0 Å². The number of rotatable bonds is 4. The third-order valence-corrected chi connectivity index (χ3v) is 2.38. The van der Waals surface area contributed by atoms with Crippen LogP contribution >= 0.6 is 11.6 Å². The number of carbonyl (C=O) groups excluding carboxylic acids is 1. The maximum atomic E-state index is 12.0. The molecular formula is C9H7ClN6O4. The lowest BCUT2D eigenvalue weighted by Gasteiger charge is -2.02. The summed E-state index contributed by atoms with van der Waals surface area (Å²) in [6.45, 7) is 0. The molecule has 0 spiro atoms. The van der Waals surface area contributed by atoms with E-state index in [0.29, 0.717) is 0 Å². The molecule has 10 nitrogen and oxygen atoms in total. The Morgan fingerprint density at radius 1 is 1.60 bits per heavy atom. The fourth-order valence-corrected chi connectivity index (χ4v) is 1.48. The number of aromatic amines is 1. The van der Waals surface area contributed by atoms with Crippen LogP contribution in [0.25, 0.3) is 0 Å². The number of nitro groups is 1. The summed E-state index contributed by atoms with van der Waals surface area (Å²) >= 11 is 5.63. The normalized spacial score (nSPS) is 10.1. The third kappa shape index (κ3) is 2.80. The van der Waals surface area contributed by atoms with Crippen molar-refractivity contribution in [2.24, 2.45) is 0 Å². The van der Waals surface area contributed by atoms with Gasteiger partial charge in [-0.15, -0.1) is 5.10 Å². The molecule has 0 aliphatic rings. The van der Waals surface area contributed by atoms with Crippen LogP contribution in [0.15, 0.2) is 12.3 Å². The minimum atomic E-state index is -0.778. The van der Waals surface area contributed by atoms with Crippen LogP contribution in [0.5, 0.6) is 6.01 Å². The van der Waals surface area contributed by atoms with Crippen LogP contribution in [0.2, 0.25) is 5.15 Å². The molecule has 0 radical (unpaired) electrons. The van der Waals surface area contributed by atoms with E-state index < -0.39 is 16.5 Å². The average molecular weight is 299 g/mol. The van der Waals surface area contributed by atoms with Crippen molar-refractivity contribution < 1.29 is 14.5 Å². The molecule has 0 aliphatic heterocycles. The number of pyridine rings is 1. The predicted molar refractivity (Wildman–Crippen MR) is 66.8 cm³/mol. The van der Waals surface area contributed by atoms with Gasteiger partial charge in [0.1, 0.15) is 16.9 Å². The number of methoxy groups -OCH3 is 1. The number of nitrogens with zero attached hydrogens (tertiary/aromatic N) is 4. The van der Waals surface area contributed by atoms with Gasteiger partial charge in [-0.3, -0.25) is 20.2 Å². The highest BCUT2D eigenvalue weighted by atomic mass is 35.5. The van der Waals surface area contributed by atoms with Gasteiger partial charge in [0.15, 0.2) is 0 Å². The van der Waals surface area contributed by atoms with Crippen molar-refractivity contribution in [2.45, 2.75) is 0 Å². The Balaban J connectivity index is 2.28. The van der Waals surface area contributed by atoms with Crippen LogP contribution in [0.3, 0.4) is 0 Å². The van der Waals surface area contributed by atoms with Crippen LogP contribution in [0, 0.1) is 10.1 Å².